The third-order valence-electron chi connectivity index (χ3n) is 3.26. The molecule has 5 nitrogen and oxygen atoms in total. The lowest BCUT2D eigenvalue weighted by atomic mass is 10.00. The average Bonchev–Trinajstić information content (AvgIpc) is 2.85. The lowest BCUT2D eigenvalue weighted by Gasteiger charge is -2.23. The van der Waals surface area contributed by atoms with E-state index in [-0.39, 0.29) is 0 Å². The molecule has 1 aromatic heterocycles. The summed E-state index contributed by atoms with van der Waals surface area (Å²) in [7, 11) is 0. The predicted molar refractivity (Wildman–Crippen MR) is 75.7 cm³/mol. The second-order valence-corrected chi connectivity index (χ2v) is 5.00. The second kappa shape index (κ2) is 7.25. The molecule has 1 atom stereocenters. The van der Waals surface area contributed by atoms with Gasteiger partial charge in [0.15, 0.2) is 5.82 Å². The lowest BCUT2D eigenvalue weighted by Crippen LogP contribution is -2.42. The quantitative estimate of drug-likeness (QED) is 0.779. The topological polar surface area (TPSA) is 66.5 Å². The van der Waals surface area contributed by atoms with Crippen molar-refractivity contribution >= 4 is 0 Å². The summed E-state index contributed by atoms with van der Waals surface area (Å²) in [4.78, 5) is 4.48. The van der Waals surface area contributed by atoms with Gasteiger partial charge in [0, 0.05) is 19.4 Å². The van der Waals surface area contributed by atoms with Gasteiger partial charge in [0.25, 0.3) is 0 Å². The van der Waals surface area contributed by atoms with Gasteiger partial charge in [-0.1, -0.05) is 20.8 Å². The highest BCUT2D eigenvalue weighted by atomic mass is 15.3. The van der Waals surface area contributed by atoms with Gasteiger partial charge in [-0.15, -0.1) is 0 Å². The zero-order valence-corrected chi connectivity index (χ0v) is 12.5. The molecule has 1 N–H and O–H groups in total. The molecular weight excluding hydrogens is 238 g/mol. The third kappa shape index (κ3) is 4.32. The number of nitrogens with one attached hydrogen (secondary N) is 1. The van der Waals surface area contributed by atoms with Crippen LogP contribution >= 0.6 is 0 Å². The Hall–Kier alpha value is -1.41. The Kier molecular flexibility index (Phi) is 5.97. The van der Waals surface area contributed by atoms with E-state index in [1.54, 1.807) is 0 Å². The Bertz CT molecular complexity index is 432. The SMILES string of the molecule is CCCNC(C)(C#N)CCn1nc(CC)nc1CC. The van der Waals surface area contributed by atoms with Crippen molar-refractivity contribution in [2.45, 2.75) is 65.5 Å². The van der Waals surface area contributed by atoms with E-state index in [0.717, 1.165) is 50.4 Å². The van der Waals surface area contributed by atoms with Gasteiger partial charge < -0.3 is 0 Å². The van der Waals surface area contributed by atoms with Crippen molar-refractivity contribution in [1.82, 2.24) is 20.1 Å². The van der Waals surface area contributed by atoms with E-state index in [4.69, 9.17) is 0 Å². The van der Waals surface area contributed by atoms with Gasteiger partial charge in [-0.3, -0.25) is 5.32 Å². The van der Waals surface area contributed by atoms with Crippen molar-refractivity contribution in [2.75, 3.05) is 6.54 Å². The smallest absolute Gasteiger partial charge is 0.150 e. The summed E-state index contributed by atoms with van der Waals surface area (Å²) in [5.41, 5.74) is -0.487. The average molecular weight is 263 g/mol. The molecular formula is C14H25N5. The Morgan fingerprint density at radius 3 is 2.58 bits per heavy atom. The fourth-order valence-electron chi connectivity index (χ4n) is 1.93. The van der Waals surface area contributed by atoms with Crippen LogP contribution in [0.2, 0.25) is 0 Å². The van der Waals surface area contributed by atoms with Crippen LogP contribution in [0.1, 0.15) is 52.2 Å². The van der Waals surface area contributed by atoms with Gasteiger partial charge in [-0.2, -0.15) is 10.4 Å². The number of nitriles is 1. The zero-order valence-electron chi connectivity index (χ0n) is 12.5. The van der Waals surface area contributed by atoms with E-state index >= 15 is 0 Å². The maximum absolute atomic E-state index is 9.31. The number of aryl methyl sites for hydroxylation is 3. The van der Waals surface area contributed by atoms with E-state index in [1.807, 2.05) is 11.6 Å². The molecule has 0 saturated carbocycles. The number of nitrogens with zero attached hydrogens (tertiary/aromatic N) is 4. The standard InChI is InChI=1S/C14H25N5/c1-5-9-16-14(4,11-15)8-10-19-13(7-3)17-12(6-2)18-19/h16H,5-10H2,1-4H3. The minimum atomic E-state index is -0.487. The monoisotopic (exact) mass is 263 g/mol. The van der Waals surface area contributed by atoms with Gasteiger partial charge in [0.05, 0.1) is 6.07 Å². The summed E-state index contributed by atoms with van der Waals surface area (Å²) in [6.45, 7) is 9.79. The molecule has 1 unspecified atom stereocenters. The summed E-state index contributed by atoms with van der Waals surface area (Å²) in [6.07, 6.45) is 3.49. The maximum Gasteiger partial charge on any atom is 0.150 e. The van der Waals surface area contributed by atoms with E-state index in [1.165, 1.54) is 0 Å². The zero-order chi connectivity index (χ0) is 14.3. The molecule has 0 aromatic carbocycles. The number of hydrogen-bond acceptors (Lipinski definition) is 4. The number of hydrogen-bond donors (Lipinski definition) is 1. The molecule has 1 aromatic rings. The van der Waals surface area contributed by atoms with Crippen LogP contribution in [-0.2, 0) is 19.4 Å². The van der Waals surface area contributed by atoms with Crippen molar-refractivity contribution in [3.8, 4) is 6.07 Å². The summed E-state index contributed by atoms with van der Waals surface area (Å²) in [5, 5.41) is 17.1. The number of rotatable bonds is 8. The highest BCUT2D eigenvalue weighted by Gasteiger charge is 2.23. The lowest BCUT2D eigenvalue weighted by molar-refractivity contribution is 0.378. The molecule has 1 heterocycles. The van der Waals surface area contributed by atoms with Crippen molar-refractivity contribution in [2.24, 2.45) is 0 Å². The highest BCUT2D eigenvalue weighted by Crippen LogP contribution is 2.11. The molecule has 0 radical (unpaired) electrons. The van der Waals surface area contributed by atoms with E-state index in [0.29, 0.717) is 0 Å². The highest BCUT2D eigenvalue weighted by molar-refractivity contribution is 5.04. The van der Waals surface area contributed by atoms with Crippen molar-refractivity contribution in [3.63, 3.8) is 0 Å². The van der Waals surface area contributed by atoms with Crippen LogP contribution in [0.4, 0.5) is 0 Å². The van der Waals surface area contributed by atoms with Crippen LogP contribution in [0.5, 0.6) is 0 Å². The molecule has 0 aliphatic heterocycles. The van der Waals surface area contributed by atoms with Crippen LogP contribution in [0.3, 0.4) is 0 Å². The fourth-order valence-corrected chi connectivity index (χ4v) is 1.93. The van der Waals surface area contributed by atoms with E-state index in [9.17, 15) is 5.26 Å². The minimum absolute atomic E-state index is 0.487. The van der Waals surface area contributed by atoms with Gasteiger partial charge in [-0.05, 0) is 26.3 Å². The fraction of sp³-hybridized carbons (Fsp3) is 0.786. The summed E-state index contributed by atoms with van der Waals surface area (Å²) in [6, 6.07) is 2.37. The first-order valence-electron chi connectivity index (χ1n) is 7.17. The van der Waals surface area contributed by atoms with Gasteiger partial charge in [0.1, 0.15) is 11.4 Å². The van der Waals surface area contributed by atoms with Crippen LogP contribution in [0.25, 0.3) is 0 Å². The molecule has 19 heavy (non-hydrogen) atoms. The molecule has 0 saturated heterocycles. The Morgan fingerprint density at radius 2 is 2.05 bits per heavy atom. The molecule has 106 valence electrons. The molecule has 0 aliphatic carbocycles. The van der Waals surface area contributed by atoms with Gasteiger partial charge in [-0.25, -0.2) is 9.67 Å². The summed E-state index contributed by atoms with van der Waals surface area (Å²) < 4.78 is 1.95. The Balaban J connectivity index is 2.69. The molecule has 5 heteroatoms. The largest absolute Gasteiger partial charge is 0.300 e. The van der Waals surface area contributed by atoms with Crippen molar-refractivity contribution < 1.29 is 0 Å². The molecule has 0 aliphatic rings. The maximum atomic E-state index is 9.31. The number of aromatic nitrogens is 3. The second-order valence-electron chi connectivity index (χ2n) is 5.00. The molecule has 0 spiro atoms. The normalized spacial score (nSPS) is 14.1. The van der Waals surface area contributed by atoms with Gasteiger partial charge in [0.2, 0.25) is 0 Å². The summed E-state index contributed by atoms with van der Waals surface area (Å²) in [5.74, 6) is 1.89. The van der Waals surface area contributed by atoms with Crippen molar-refractivity contribution in [1.29, 1.82) is 5.26 Å². The summed E-state index contributed by atoms with van der Waals surface area (Å²) >= 11 is 0. The van der Waals surface area contributed by atoms with Crippen LogP contribution in [0, 0.1) is 11.3 Å². The molecule has 0 amide bonds. The first kappa shape index (κ1) is 15.6. The first-order valence-corrected chi connectivity index (χ1v) is 7.17. The Morgan fingerprint density at radius 1 is 1.32 bits per heavy atom. The van der Waals surface area contributed by atoms with Crippen LogP contribution in [0.15, 0.2) is 0 Å². The molecule has 0 fully saturated rings. The van der Waals surface area contributed by atoms with Crippen molar-refractivity contribution in [3.05, 3.63) is 11.6 Å². The molecule has 1 rings (SSSR count). The third-order valence-corrected chi connectivity index (χ3v) is 3.26. The van der Waals surface area contributed by atoms with E-state index in [2.05, 4.69) is 42.2 Å². The predicted octanol–water partition coefficient (Wildman–Crippen LogP) is 2.07. The van der Waals surface area contributed by atoms with E-state index < -0.39 is 5.54 Å². The Labute approximate surface area is 116 Å². The molecule has 0 bridgehead atoms. The minimum Gasteiger partial charge on any atom is -0.300 e. The van der Waals surface area contributed by atoms with Crippen LogP contribution in [-0.4, -0.2) is 26.8 Å². The first-order chi connectivity index (χ1) is 9.08. The van der Waals surface area contributed by atoms with Gasteiger partial charge >= 0.3 is 0 Å². The van der Waals surface area contributed by atoms with Crippen LogP contribution < -0.4 is 5.32 Å².